The summed E-state index contributed by atoms with van der Waals surface area (Å²) in [4.78, 5) is 24.5. The predicted octanol–water partition coefficient (Wildman–Crippen LogP) is -0.634. The molecule has 8 nitrogen and oxygen atoms in total. The first-order valence-corrected chi connectivity index (χ1v) is 4.49. The first kappa shape index (κ1) is 14.1. The van der Waals surface area contributed by atoms with Crippen molar-refractivity contribution in [3.63, 3.8) is 0 Å². The van der Waals surface area contributed by atoms with Crippen LogP contribution in [0.2, 0.25) is 0 Å². The highest BCUT2D eigenvalue weighted by atomic mass is 31.2. The van der Waals surface area contributed by atoms with Gasteiger partial charge in [0.25, 0.3) is 0 Å². The van der Waals surface area contributed by atoms with E-state index >= 15 is 0 Å². The number of rotatable bonds is 3. The maximum atomic E-state index is 9.39. The third kappa shape index (κ3) is 22.7. The zero-order valence-electron chi connectivity index (χ0n) is 5.52. The van der Waals surface area contributed by atoms with Gasteiger partial charge in [-0.25, -0.2) is 4.79 Å². The van der Waals surface area contributed by atoms with Gasteiger partial charge in [0.1, 0.15) is 6.61 Å². The second-order valence-electron chi connectivity index (χ2n) is 1.11. The zero-order chi connectivity index (χ0) is 10.1. The summed E-state index contributed by atoms with van der Waals surface area (Å²) in [5.41, 5.74) is 0. The molecule has 0 aliphatic carbocycles. The lowest BCUT2D eigenvalue weighted by Crippen LogP contribution is -1.98. The molecule has 10 heteroatoms. The summed E-state index contributed by atoms with van der Waals surface area (Å²) < 4.78 is 22.2. The number of aliphatic carboxylic acids is 1. The molecule has 0 spiro atoms. The van der Waals surface area contributed by atoms with Gasteiger partial charge < -0.3 is 10.2 Å². The molecule has 0 radical (unpaired) electrons. The van der Waals surface area contributed by atoms with E-state index < -0.39 is 29.1 Å². The molecule has 0 rings (SSSR count). The van der Waals surface area contributed by atoms with Crippen LogP contribution in [-0.4, -0.2) is 32.6 Å². The lowest BCUT2D eigenvalue weighted by Gasteiger charge is -1.72. The van der Waals surface area contributed by atoms with E-state index in [1.807, 2.05) is 0 Å². The Morgan fingerprint density at radius 3 is 1.50 bits per heavy atom. The predicted molar refractivity (Wildman–Crippen MR) is 35.5 cm³/mol. The van der Waals surface area contributed by atoms with Gasteiger partial charge in [0.2, 0.25) is 0 Å². The van der Waals surface area contributed by atoms with E-state index in [1.54, 1.807) is 0 Å². The molecule has 0 saturated heterocycles. The van der Waals surface area contributed by atoms with E-state index in [9.17, 15) is 9.13 Å². The number of aliphatic hydroxyl groups is 1. The van der Waals surface area contributed by atoms with Gasteiger partial charge in [-0.3, -0.25) is 0 Å². The molecule has 0 amide bonds. The van der Waals surface area contributed by atoms with Crippen LogP contribution < -0.4 is 0 Å². The summed E-state index contributed by atoms with van der Waals surface area (Å²) in [5, 5.41) is 15.0. The summed E-state index contributed by atoms with van der Waals surface area (Å²) in [6.07, 6.45) is 0. The van der Waals surface area contributed by atoms with Crippen LogP contribution in [-0.2, 0) is 18.2 Å². The molecule has 0 aromatic heterocycles. The molecule has 70 valence electrons. The van der Waals surface area contributed by atoms with E-state index in [2.05, 4.69) is 4.31 Å². The smallest absolute Gasteiger partial charge is 0.480 e. The molecule has 0 bridgehead atoms. The summed E-state index contributed by atoms with van der Waals surface area (Å²) >= 11 is 0. The van der Waals surface area contributed by atoms with Crippen LogP contribution in [0.4, 0.5) is 0 Å². The maximum absolute atomic E-state index is 9.39. The first-order chi connectivity index (χ1) is 5.40. The number of carbonyl (C=O) groups is 1. The Balaban J connectivity index is 0. The van der Waals surface area contributed by atoms with Crippen LogP contribution in [0.5, 0.6) is 0 Å². The topological polar surface area (TPSA) is 141 Å². The molecular formula is C2H6O8P2+2. The van der Waals surface area contributed by atoms with Crippen molar-refractivity contribution in [2.75, 3.05) is 6.61 Å². The van der Waals surface area contributed by atoms with Gasteiger partial charge in [-0.2, -0.15) is 0 Å². The van der Waals surface area contributed by atoms with E-state index in [4.69, 9.17) is 24.8 Å². The highest BCUT2D eigenvalue weighted by molar-refractivity contribution is 7.46. The van der Waals surface area contributed by atoms with E-state index in [-0.39, 0.29) is 0 Å². The van der Waals surface area contributed by atoms with Gasteiger partial charge in [0.05, 0.1) is 0 Å². The van der Waals surface area contributed by atoms with Crippen molar-refractivity contribution in [1.82, 2.24) is 0 Å². The van der Waals surface area contributed by atoms with Crippen molar-refractivity contribution in [2.24, 2.45) is 0 Å². The van der Waals surface area contributed by atoms with E-state index in [0.29, 0.717) is 0 Å². The van der Waals surface area contributed by atoms with E-state index in [0.717, 1.165) is 0 Å². The molecule has 0 aromatic carbocycles. The number of hydrogen-bond acceptors (Lipinski definition) is 5. The summed E-state index contributed by atoms with van der Waals surface area (Å²) in [7, 11) is -5.85. The van der Waals surface area contributed by atoms with Crippen molar-refractivity contribution in [3.05, 3.63) is 0 Å². The van der Waals surface area contributed by atoms with Crippen LogP contribution in [0, 0.1) is 0 Å². The Labute approximate surface area is 68.3 Å². The van der Waals surface area contributed by atoms with Gasteiger partial charge in [-0.15, -0.1) is 9.79 Å². The van der Waals surface area contributed by atoms with Crippen LogP contribution >= 0.6 is 16.5 Å². The molecule has 4 N–H and O–H groups in total. The average molecular weight is 220 g/mol. The normalized spacial score (nSPS) is 10.9. The van der Waals surface area contributed by atoms with Gasteiger partial charge >= 0.3 is 22.5 Å². The summed E-state index contributed by atoms with van der Waals surface area (Å²) in [5.74, 6) is -1.19. The van der Waals surface area contributed by atoms with E-state index in [1.165, 1.54) is 0 Å². The molecule has 0 saturated carbocycles. The fraction of sp³-hybridized carbons (Fsp3) is 0.500. The highest BCUT2D eigenvalue weighted by Gasteiger charge is 2.31. The van der Waals surface area contributed by atoms with Crippen LogP contribution in [0.1, 0.15) is 0 Å². The SMILES string of the molecule is O=C(O)CO.O=[P+](O)O[P+](=O)O. The van der Waals surface area contributed by atoms with Gasteiger partial charge in [0.15, 0.2) is 4.31 Å². The molecule has 0 fully saturated rings. The fourth-order valence-corrected chi connectivity index (χ4v) is 0.538. The largest absolute Gasteiger partial charge is 0.745 e. The number of carboxylic acids is 1. The second-order valence-corrected chi connectivity index (χ2v) is 2.71. The summed E-state index contributed by atoms with van der Waals surface area (Å²) in [6, 6.07) is 0. The second kappa shape index (κ2) is 8.61. The van der Waals surface area contributed by atoms with Crippen LogP contribution in [0.3, 0.4) is 0 Å². The van der Waals surface area contributed by atoms with Crippen molar-refractivity contribution in [3.8, 4) is 0 Å². The number of hydrogen-bond donors (Lipinski definition) is 4. The average Bonchev–Trinajstić information content (AvgIpc) is 1.85. The Hall–Kier alpha value is -0.490. The molecular weight excluding hydrogens is 214 g/mol. The minimum atomic E-state index is -2.92. The van der Waals surface area contributed by atoms with Gasteiger partial charge in [0, 0.05) is 9.13 Å². The molecule has 0 aliphatic rings. The zero-order valence-corrected chi connectivity index (χ0v) is 7.31. The maximum Gasteiger partial charge on any atom is 0.745 e. The van der Waals surface area contributed by atoms with Crippen LogP contribution in [0.25, 0.3) is 0 Å². The first-order valence-electron chi connectivity index (χ1n) is 2.23. The molecule has 0 heterocycles. The highest BCUT2D eigenvalue weighted by Crippen LogP contribution is 2.30. The molecule has 0 aromatic rings. The Morgan fingerprint density at radius 2 is 1.50 bits per heavy atom. The third-order valence-electron chi connectivity index (χ3n) is 0.275. The lowest BCUT2D eigenvalue weighted by molar-refractivity contribution is -0.140. The molecule has 2 atom stereocenters. The minimum Gasteiger partial charge on any atom is -0.480 e. The Bertz CT molecular complexity index is 164. The molecule has 12 heavy (non-hydrogen) atoms. The summed E-state index contributed by atoms with van der Waals surface area (Å²) in [6.45, 7) is -0.778. The van der Waals surface area contributed by atoms with Crippen molar-refractivity contribution in [1.29, 1.82) is 0 Å². The standard InChI is InChI=1S/C2H4O3.O5P2/c3-1-2(4)5;1-6(2)5-7(3)4/h3H,1H2,(H,4,5);/p+2. The quantitative estimate of drug-likeness (QED) is 0.460. The third-order valence-corrected chi connectivity index (χ3v) is 1.39. The van der Waals surface area contributed by atoms with Crippen molar-refractivity contribution < 1.29 is 38.2 Å². The fourth-order valence-electron chi connectivity index (χ4n) is 0.0598. The van der Waals surface area contributed by atoms with Crippen LogP contribution in [0.15, 0.2) is 0 Å². The Morgan fingerprint density at radius 1 is 1.25 bits per heavy atom. The van der Waals surface area contributed by atoms with Gasteiger partial charge in [-0.05, 0) is 0 Å². The minimum absolute atomic E-state index is 0.778. The Kier molecular flexibility index (Phi) is 10.1. The van der Waals surface area contributed by atoms with Crippen molar-refractivity contribution in [2.45, 2.75) is 0 Å². The van der Waals surface area contributed by atoms with Crippen molar-refractivity contribution >= 4 is 22.5 Å². The lowest BCUT2D eigenvalue weighted by atomic mass is 10.8. The molecule has 2 unspecified atom stereocenters. The number of carboxylic acid groups (broad SMARTS) is 1. The molecule has 0 aliphatic heterocycles. The monoisotopic (exact) mass is 220 g/mol. The number of aliphatic hydroxyl groups excluding tert-OH is 1. The van der Waals surface area contributed by atoms with Gasteiger partial charge in [-0.1, -0.05) is 0 Å².